The summed E-state index contributed by atoms with van der Waals surface area (Å²) in [5.74, 6) is 0.145. The van der Waals surface area contributed by atoms with Gasteiger partial charge in [0.2, 0.25) is 11.8 Å². The number of nitro benzene ring substituents is 1. The van der Waals surface area contributed by atoms with E-state index in [1.54, 1.807) is 35.2 Å². The zero-order valence-electron chi connectivity index (χ0n) is 20.2. The smallest absolute Gasteiger partial charge is 0.269 e. The number of thioether (sulfide) groups is 1. The van der Waals surface area contributed by atoms with Gasteiger partial charge >= 0.3 is 0 Å². The van der Waals surface area contributed by atoms with Crippen LogP contribution in [0.15, 0.2) is 72.8 Å². The average molecular weight is 561 g/mol. The van der Waals surface area contributed by atoms with Crippen LogP contribution in [0.1, 0.15) is 23.6 Å². The predicted octanol–water partition coefficient (Wildman–Crippen LogP) is 5.91. The molecule has 0 bridgehead atoms. The fourth-order valence-electron chi connectivity index (χ4n) is 3.73. The number of carbonyl (C=O) groups excluding carboxylic acids is 2. The first kappa shape index (κ1) is 28.5. The molecule has 2 amide bonds. The zero-order chi connectivity index (χ0) is 26.8. The molecule has 37 heavy (non-hydrogen) atoms. The largest absolute Gasteiger partial charge is 0.355 e. The Kier molecular flexibility index (Phi) is 10.8. The van der Waals surface area contributed by atoms with Crippen LogP contribution in [0.4, 0.5) is 5.69 Å². The minimum absolute atomic E-state index is 0.0153. The molecule has 3 rings (SSSR count). The Morgan fingerprint density at radius 2 is 1.73 bits per heavy atom. The second-order valence-electron chi connectivity index (χ2n) is 8.27. The molecule has 0 aromatic heterocycles. The summed E-state index contributed by atoms with van der Waals surface area (Å²) in [5, 5.41) is 14.6. The van der Waals surface area contributed by atoms with Gasteiger partial charge in [-0.3, -0.25) is 19.7 Å². The van der Waals surface area contributed by atoms with Crippen molar-refractivity contribution >= 4 is 52.5 Å². The summed E-state index contributed by atoms with van der Waals surface area (Å²) >= 11 is 13.9. The number of benzene rings is 3. The molecule has 0 aliphatic heterocycles. The minimum atomic E-state index is -0.749. The van der Waals surface area contributed by atoms with Crippen LogP contribution in [0.5, 0.6) is 0 Å². The molecule has 0 heterocycles. The molecule has 0 unspecified atom stereocenters. The molecule has 194 valence electrons. The van der Waals surface area contributed by atoms with Gasteiger partial charge in [-0.15, -0.1) is 11.8 Å². The average Bonchev–Trinajstić information content (AvgIpc) is 2.88. The van der Waals surface area contributed by atoms with Crippen LogP contribution < -0.4 is 5.32 Å². The van der Waals surface area contributed by atoms with Gasteiger partial charge < -0.3 is 10.2 Å². The van der Waals surface area contributed by atoms with Crippen LogP contribution in [0.3, 0.4) is 0 Å². The van der Waals surface area contributed by atoms with E-state index < -0.39 is 11.0 Å². The van der Waals surface area contributed by atoms with E-state index in [1.165, 1.54) is 23.9 Å². The van der Waals surface area contributed by atoms with Crippen molar-refractivity contribution in [1.29, 1.82) is 0 Å². The zero-order valence-corrected chi connectivity index (χ0v) is 22.6. The van der Waals surface area contributed by atoms with Crippen LogP contribution in [0, 0.1) is 10.1 Å². The number of halogens is 2. The standard InChI is InChI=1S/C27H27Cl2N3O4S/c1-2-30-27(34)25(14-19-6-4-3-5-7-19)31(16-21-10-11-22(28)15-24(21)29)26(33)18-37-17-20-8-12-23(13-9-20)32(35)36/h3-13,15,25H,2,14,16-18H2,1H3,(H,30,34)/t25-/m1/s1. The van der Waals surface area contributed by atoms with Gasteiger partial charge in [0.15, 0.2) is 0 Å². The number of carbonyl (C=O) groups is 2. The lowest BCUT2D eigenvalue weighted by Gasteiger charge is -2.31. The number of rotatable bonds is 12. The molecule has 3 aromatic carbocycles. The van der Waals surface area contributed by atoms with Crippen molar-refractivity contribution in [2.24, 2.45) is 0 Å². The van der Waals surface area contributed by atoms with Crippen LogP contribution in [0.25, 0.3) is 0 Å². The number of amides is 2. The van der Waals surface area contributed by atoms with Gasteiger partial charge in [-0.25, -0.2) is 0 Å². The molecule has 0 spiro atoms. The second kappa shape index (κ2) is 14.0. The Bertz CT molecular complexity index is 1230. The fourth-order valence-corrected chi connectivity index (χ4v) is 5.07. The van der Waals surface area contributed by atoms with E-state index >= 15 is 0 Å². The first-order chi connectivity index (χ1) is 17.8. The Morgan fingerprint density at radius 1 is 1.03 bits per heavy atom. The molecular weight excluding hydrogens is 533 g/mol. The van der Waals surface area contributed by atoms with E-state index in [2.05, 4.69) is 5.32 Å². The highest BCUT2D eigenvalue weighted by Crippen LogP contribution is 2.25. The lowest BCUT2D eigenvalue weighted by atomic mass is 10.0. The van der Waals surface area contributed by atoms with Gasteiger partial charge in [0.1, 0.15) is 6.04 Å². The van der Waals surface area contributed by atoms with Gasteiger partial charge in [0, 0.05) is 47.4 Å². The number of nitrogens with one attached hydrogen (secondary N) is 1. The van der Waals surface area contributed by atoms with Gasteiger partial charge in [-0.2, -0.15) is 0 Å². The molecule has 0 saturated carbocycles. The van der Waals surface area contributed by atoms with Crippen LogP contribution in [-0.2, 0) is 28.3 Å². The summed E-state index contributed by atoms with van der Waals surface area (Å²) in [7, 11) is 0. The Hall–Kier alpha value is -3.07. The Balaban J connectivity index is 1.83. The molecule has 0 saturated heterocycles. The third-order valence-electron chi connectivity index (χ3n) is 5.62. The first-order valence-corrected chi connectivity index (χ1v) is 13.6. The summed E-state index contributed by atoms with van der Waals surface area (Å²) in [5.41, 5.74) is 2.49. The van der Waals surface area contributed by atoms with E-state index in [0.29, 0.717) is 34.3 Å². The molecule has 1 N–H and O–H groups in total. The number of hydrogen-bond donors (Lipinski definition) is 1. The van der Waals surface area contributed by atoms with Crippen molar-refractivity contribution in [3.63, 3.8) is 0 Å². The van der Waals surface area contributed by atoms with Crippen LogP contribution in [0.2, 0.25) is 10.0 Å². The number of hydrogen-bond acceptors (Lipinski definition) is 5. The summed E-state index contributed by atoms with van der Waals surface area (Å²) in [4.78, 5) is 38.7. The molecule has 7 nitrogen and oxygen atoms in total. The number of nitrogens with zero attached hydrogens (tertiary/aromatic N) is 2. The normalized spacial score (nSPS) is 11.5. The molecule has 10 heteroatoms. The number of likely N-dealkylation sites (N-methyl/N-ethyl adjacent to an activating group) is 1. The van der Waals surface area contributed by atoms with Gasteiger partial charge in [-0.1, -0.05) is 71.7 Å². The molecule has 1 atom stereocenters. The minimum Gasteiger partial charge on any atom is -0.355 e. The van der Waals surface area contributed by atoms with Gasteiger partial charge in [0.05, 0.1) is 10.7 Å². The lowest BCUT2D eigenvalue weighted by Crippen LogP contribution is -2.51. The molecular formula is C27H27Cl2N3O4S. The fraction of sp³-hybridized carbons (Fsp3) is 0.259. The highest BCUT2D eigenvalue weighted by Gasteiger charge is 2.30. The third-order valence-corrected chi connectivity index (χ3v) is 7.19. The Labute approximate surface area is 230 Å². The molecule has 3 aromatic rings. The van der Waals surface area contributed by atoms with E-state index in [0.717, 1.165) is 11.1 Å². The maximum absolute atomic E-state index is 13.6. The van der Waals surface area contributed by atoms with Crippen molar-refractivity contribution in [2.75, 3.05) is 12.3 Å². The molecule has 0 aliphatic carbocycles. The maximum atomic E-state index is 13.6. The molecule has 0 radical (unpaired) electrons. The highest BCUT2D eigenvalue weighted by atomic mass is 35.5. The second-order valence-corrected chi connectivity index (χ2v) is 10.1. The molecule has 0 fully saturated rings. The van der Waals surface area contributed by atoms with Gasteiger partial charge in [-0.05, 0) is 35.7 Å². The Morgan fingerprint density at radius 3 is 2.35 bits per heavy atom. The van der Waals surface area contributed by atoms with E-state index in [4.69, 9.17) is 23.2 Å². The van der Waals surface area contributed by atoms with Crippen LogP contribution >= 0.6 is 35.0 Å². The summed E-state index contributed by atoms with van der Waals surface area (Å²) in [6.07, 6.45) is 0.344. The lowest BCUT2D eigenvalue weighted by molar-refractivity contribution is -0.384. The topological polar surface area (TPSA) is 92.6 Å². The SMILES string of the molecule is CCNC(=O)[C@@H](Cc1ccccc1)N(Cc1ccc(Cl)cc1Cl)C(=O)CSCc1ccc([N+](=O)[O-])cc1. The van der Waals surface area contributed by atoms with Crippen molar-refractivity contribution in [2.45, 2.75) is 31.7 Å². The van der Waals surface area contributed by atoms with Crippen molar-refractivity contribution in [3.05, 3.63) is 110 Å². The quantitative estimate of drug-likeness (QED) is 0.220. The van der Waals surface area contributed by atoms with Crippen LogP contribution in [-0.4, -0.2) is 40.0 Å². The first-order valence-electron chi connectivity index (χ1n) is 11.6. The van der Waals surface area contributed by atoms with Crippen molar-refractivity contribution in [1.82, 2.24) is 10.2 Å². The summed E-state index contributed by atoms with van der Waals surface area (Å²) in [6.45, 7) is 2.41. The highest BCUT2D eigenvalue weighted by molar-refractivity contribution is 7.99. The number of non-ortho nitro benzene ring substituents is 1. The van der Waals surface area contributed by atoms with Crippen molar-refractivity contribution < 1.29 is 14.5 Å². The van der Waals surface area contributed by atoms with Crippen molar-refractivity contribution in [3.8, 4) is 0 Å². The summed E-state index contributed by atoms with van der Waals surface area (Å²) < 4.78 is 0. The monoisotopic (exact) mass is 559 g/mol. The molecule has 0 aliphatic rings. The summed E-state index contributed by atoms with van der Waals surface area (Å²) in [6, 6.07) is 20.1. The third kappa shape index (κ3) is 8.49. The number of nitro groups is 1. The maximum Gasteiger partial charge on any atom is 0.269 e. The van der Waals surface area contributed by atoms with E-state index in [1.807, 2.05) is 37.3 Å². The van der Waals surface area contributed by atoms with E-state index in [-0.39, 0.29) is 29.8 Å². The van der Waals surface area contributed by atoms with Gasteiger partial charge in [0.25, 0.3) is 5.69 Å². The predicted molar refractivity (Wildman–Crippen MR) is 149 cm³/mol. The van der Waals surface area contributed by atoms with E-state index in [9.17, 15) is 19.7 Å².